The van der Waals surface area contributed by atoms with Crippen LogP contribution in [-0.4, -0.2) is 54.4 Å². The molecule has 1 saturated carbocycles. The summed E-state index contributed by atoms with van der Waals surface area (Å²) in [7, 11) is 0. The van der Waals surface area contributed by atoms with Crippen LogP contribution in [0.1, 0.15) is 25.7 Å². The molecular formula is C11H22N4. The van der Waals surface area contributed by atoms with Crippen LogP contribution in [0.5, 0.6) is 0 Å². The lowest BCUT2D eigenvalue weighted by Gasteiger charge is -2.34. The number of piperazine rings is 1. The fourth-order valence-electron chi connectivity index (χ4n) is 2.28. The molecule has 0 aromatic rings. The van der Waals surface area contributed by atoms with Gasteiger partial charge >= 0.3 is 0 Å². The van der Waals surface area contributed by atoms with Crippen molar-refractivity contribution in [2.24, 2.45) is 5.73 Å². The molecule has 1 heterocycles. The zero-order valence-electron chi connectivity index (χ0n) is 9.41. The molecule has 4 nitrogen and oxygen atoms in total. The third-order valence-corrected chi connectivity index (χ3v) is 3.39. The molecule has 1 saturated heterocycles. The summed E-state index contributed by atoms with van der Waals surface area (Å²) in [5.74, 6) is 0.326. The molecule has 1 aliphatic carbocycles. The number of nitrogens with zero attached hydrogens (tertiary/aromatic N) is 2. The summed E-state index contributed by atoms with van der Waals surface area (Å²) < 4.78 is 0. The predicted molar refractivity (Wildman–Crippen MR) is 62.2 cm³/mol. The Bertz CT molecular complexity index is 217. The normalized spacial score (nSPS) is 24.3. The first-order valence-corrected chi connectivity index (χ1v) is 6.05. The highest BCUT2D eigenvalue weighted by atomic mass is 15.3. The van der Waals surface area contributed by atoms with Crippen molar-refractivity contribution in [3.8, 4) is 0 Å². The van der Waals surface area contributed by atoms with Gasteiger partial charge in [0.15, 0.2) is 0 Å². The molecule has 4 heteroatoms. The maximum absolute atomic E-state index is 7.16. The molecule has 0 unspecified atom stereocenters. The number of nitrogens with one attached hydrogen (secondary N) is 1. The minimum atomic E-state index is 0.326. The summed E-state index contributed by atoms with van der Waals surface area (Å²) in [5, 5.41) is 7.16. The Labute approximate surface area is 91.9 Å². The smallest absolute Gasteiger partial charge is 0.0905 e. The SMILES string of the molecule is N=C(N)CCCN1CCN(C2CC2)CC1. The maximum atomic E-state index is 7.16. The largest absolute Gasteiger partial charge is 0.388 e. The van der Waals surface area contributed by atoms with Crippen molar-refractivity contribution in [1.29, 1.82) is 5.41 Å². The van der Waals surface area contributed by atoms with Crippen LogP contribution in [0, 0.1) is 5.41 Å². The van der Waals surface area contributed by atoms with E-state index in [0.717, 1.165) is 25.4 Å². The lowest BCUT2D eigenvalue weighted by molar-refractivity contribution is 0.126. The Kier molecular flexibility index (Phi) is 3.59. The highest BCUT2D eigenvalue weighted by molar-refractivity contribution is 5.76. The Morgan fingerprint density at radius 1 is 1.20 bits per heavy atom. The van der Waals surface area contributed by atoms with Crippen LogP contribution in [-0.2, 0) is 0 Å². The van der Waals surface area contributed by atoms with Gasteiger partial charge in [0.2, 0.25) is 0 Å². The highest BCUT2D eigenvalue weighted by Crippen LogP contribution is 2.27. The van der Waals surface area contributed by atoms with Gasteiger partial charge in [-0.15, -0.1) is 0 Å². The summed E-state index contributed by atoms with van der Waals surface area (Å²) >= 11 is 0. The number of nitrogens with two attached hydrogens (primary N) is 1. The van der Waals surface area contributed by atoms with Crippen molar-refractivity contribution in [1.82, 2.24) is 9.80 Å². The van der Waals surface area contributed by atoms with Crippen molar-refractivity contribution in [2.45, 2.75) is 31.7 Å². The first kappa shape index (κ1) is 10.9. The molecule has 0 spiro atoms. The number of hydrogen-bond acceptors (Lipinski definition) is 3. The molecule has 15 heavy (non-hydrogen) atoms. The van der Waals surface area contributed by atoms with Gasteiger partial charge in [-0.3, -0.25) is 10.3 Å². The maximum Gasteiger partial charge on any atom is 0.0905 e. The molecule has 0 aromatic heterocycles. The van der Waals surface area contributed by atoms with Gasteiger partial charge in [0.1, 0.15) is 0 Å². The Morgan fingerprint density at radius 3 is 2.40 bits per heavy atom. The summed E-state index contributed by atoms with van der Waals surface area (Å²) in [6, 6.07) is 0.921. The van der Waals surface area contributed by atoms with Gasteiger partial charge in [0, 0.05) is 38.6 Å². The van der Waals surface area contributed by atoms with Crippen molar-refractivity contribution in [3.05, 3.63) is 0 Å². The molecule has 0 aromatic carbocycles. The van der Waals surface area contributed by atoms with E-state index < -0.39 is 0 Å². The van der Waals surface area contributed by atoms with Gasteiger partial charge in [-0.05, 0) is 25.8 Å². The van der Waals surface area contributed by atoms with Gasteiger partial charge in [-0.1, -0.05) is 0 Å². The first-order valence-electron chi connectivity index (χ1n) is 6.05. The minimum Gasteiger partial charge on any atom is -0.388 e. The van der Waals surface area contributed by atoms with Gasteiger partial charge in [-0.2, -0.15) is 0 Å². The fraction of sp³-hybridized carbons (Fsp3) is 0.909. The van der Waals surface area contributed by atoms with Crippen LogP contribution in [0.2, 0.25) is 0 Å². The third kappa shape index (κ3) is 3.47. The molecule has 0 amide bonds. The summed E-state index contributed by atoms with van der Waals surface area (Å²) in [4.78, 5) is 5.13. The fourth-order valence-corrected chi connectivity index (χ4v) is 2.28. The van der Waals surface area contributed by atoms with E-state index in [9.17, 15) is 0 Å². The van der Waals surface area contributed by atoms with Crippen LogP contribution in [0.3, 0.4) is 0 Å². The molecule has 0 bridgehead atoms. The Hall–Kier alpha value is -0.610. The van der Waals surface area contributed by atoms with Crippen LogP contribution in [0.4, 0.5) is 0 Å². The Balaban J connectivity index is 1.58. The van der Waals surface area contributed by atoms with Crippen LogP contribution >= 0.6 is 0 Å². The van der Waals surface area contributed by atoms with Gasteiger partial charge in [0.05, 0.1) is 5.84 Å². The van der Waals surface area contributed by atoms with Gasteiger partial charge < -0.3 is 10.6 Å². The predicted octanol–water partition coefficient (Wildman–Crippen LogP) is 0.483. The van der Waals surface area contributed by atoms with E-state index in [-0.39, 0.29) is 0 Å². The van der Waals surface area contributed by atoms with Crippen LogP contribution < -0.4 is 5.73 Å². The van der Waals surface area contributed by atoms with Crippen molar-refractivity contribution in [3.63, 3.8) is 0 Å². The molecule has 2 aliphatic rings. The molecule has 86 valence electrons. The standard InChI is InChI=1S/C11H22N4/c12-11(13)2-1-5-14-6-8-15(9-7-14)10-3-4-10/h10H,1-9H2,(H3,12,13). The number of rotatable bonds is 5. The zero-order chi connectivity index (χ0) is 10.7. The molecular weight excluding hydrogens is 188 g/mol. The van der Waals surface area contributed by atoms with E-state index >= 15 is 0 Å². The topological polar surface area (TPSA) is 56.4 Å². The van der Waals surface area contributed by atoms with E-state index in [1.54, 1.807) is 0 Å². The Morgan fingerprint density at radius 2 is 1.87 bits per heavy atom. The highest BCUT2D eigenvalue weighted by Gasteiger charge is 2.30. The molecule has 2 rings (SSSR count). The average Bonchev–Trinajstić information content (AvgIpc) is 3.02. The summed E-state index contributed by atoms with van der Waals surface area (Å²) in [5.41, 5.74) is 5.33. The average molecular weight is 210 g/mol. The van der Waals surface area contributed by atoms with E-state index in [0.29, 0.717) is 5.84 Å². The van der Waals surface area contributed by atoms with Crippen molar-refractivity contribution in [2.75, 3.05) is 32.7 Å². The second-order valence-electron chi connectivity index (χ2n) is 4.74. The van der Waals surface area contributed by atoms with Gasteiger partial charge in [-0.25, -0.2) is 0 Å². The number of hydrogen-bond donors (Lipinski definition) is 2. The molecule has 0 radical (unpaired) electrons. The van der Waals surface area contributed by atoms with Crippen LogP contribution in [0.25, 0.3) is 0 Å². The monoisotopic (exact) mass is 210 g/mol. The molecule has 0 atom stereocenters. The quantitative estimate of drug-likeness (QED) is 0.513. The third-order valence-electron chi connectivity index (χ3n) is 3.39. The van der Waals surface area contributed by atoms with E-state index in [4.69, 9.17) is 11.1 Å². The van der Waals surface area contributed by atoms with Crippen molar-refractivity contribution < 1.29 is 0 Å². The van der Waals surface area contributed by atoms with Gasteiger partial charge in [0.25, 0.3) is 0 Å². The van der Waals surface area contributed by atoms with E-state index in [1.807, 2.05) is 0 Å². The molecule has 3 N–H and O–H groups in total. The first-order chi connectivity index (χ1) is 7.25. The molecule has 2 fully saturated rings. The van der Waals surface area contributed by atoms with E-state index in [1.165, 1.54) is 39.0 Å². The van der Waals surface area contributed by atoms with E-state index in [2.05, 4.69) is 9.80 Å². The number of amidine groups is 1. The van der Waals surface area contributed by atoms with Crippen molar-refractivity contribution >= 4 is 5.84 Å². The lowest BCUT2D eigenvalue weighted by atomic mass is 10.2. The summed E-state index contributed by atoms with van der Waals surface area (Å²) in [6.07, 6.45) is 4.64. The second-order valence-corrected chi connectivity index (χ2v) is 4.74. The lowest BCUT2D eigenvalue weighted by Crippen LogP contribution is -2.47. The zero-order valence-corrected chi connectivity index (χ0v) is 9.41. The molecule has 1 aliphatic heterocycles. The second kappa shape index (κ2) is 4.94. The minimum absolute atomic E-state index is 0.326. The van der Waals surface area contributed by atoms with Crippen LogP contribution in [0.15, 0.2) is 0 Å². The summed E-state index contributed by atoms with van der Waals surface area (Å²) in [6.45, 7) is 6.00.